The number of thiazole rings is 1. The molecule has 2 amide bonds. The van der Waals surface area contributed by atoms with Crippen LogP contribution in [0.1, 0.15) is 38.7 Å². The third-order valence-electron chi connectivity index (χ3n) is 3.62. The molecule has 0 aromatic carbocycles. The van der Waals surface area contributed by atoms with Crippen molar-refractivity contribution in [3.05, 3.63) is 23.2 Å². The van der Waals surface area contributed by atoms with E-state index in [-0.39, 0.29) is 17.5 Å². The molecule has 7 nitrogen and oxygen atoms in total. The van der Waals surface area contributed by atoms with Gasteiger partial charge in [-0.3, -0.25) is 5.32 Å². The molecule has 23 heavy (non-hydrogen) atoms. The molecule has 2 aromatic heterocycles. The molecule has 0 aliphatic carbocycles. The highest BCUT2D eigenvalue weighted by atomic mass is 32.1. The topological polar surface area (TPSA) is 84.7 Å². The Morgan fingerprint density at radius 2 is 2.30 bits per heavy atom. The predicted octanol–water partition coefficient (Wildman–Crippen LogP) is 2.46. The Kier molecular flexibility index (Phi) is 4.34. The third kappa shape index (κ3) is 4.28. The molecule has 1 aliphatic rings. The van der Waals surface area contributed by atoms with Gasteiger partial charge in [-0.15, -0.1) is 11.3 Å². The van der Waals surface area contributed by atoms with E-state index in [4.69, 9.17) is 0 Å². The minimum absolute atomic E-state index is 0.0678. The van der Waals surface area contributed by atoms with Gasteiger partial charge in [0.05, 0.1) is 18.3 Å². The van der Waals surface area contributed by atoms with Crippen LogP contribution in [0.25, 0.3) is 0 Å². The molecule has 124 valence electrons. The second-order valence-corrected chi connectivity index (χ2v) is 7.93. The number of carbonyl (C=O) groups is 1. The minimum Gasteiger partial charge on any atom is -0.333 e. The highest BCUT2D eigenvalue weighted by Crippen LogP contribution is 2.24. The molecule has 0 radical (unpaired) electrons. The van der Waals surface area contributed by atoms with Crippen LogP contribution in [0.4, 0.5) is 9.93 Å². The maximum atomic E-state index is 12.1. The van der Waals surface area contributed by atoms with Gasteiger partial charge >= 0.3 is 6.03 Å². The number of aryl methyl sites for hydroxylation is 1. The standard InChI is InChI=1S/C15H22N6OS/c1-15(2,3)6-11-8-23-14(19-11)20-13(22)18-10-4-5-12-16-9-17-21(12)7-10/h8-10H,4-7H2,1-3H3,(H2,18,19,20,22). The molecule has 1 aliphatic heterocycles. The van der Waals surface area contributed by atoms with Gasteiger partial charge < -0.3 is 5.32 Å². The Morgan fingerprint density at radius 3 is 3.09 bits per heavy atom. The molecule has 0 fully saturated rings. The number of rotatable bonds is 3. The van der Waals surface area contributed by atoms with Gasteiger partial charge in [0.25, 0.3) is 0 Å². The summed E-state index contributed by atoms with van der Waals surface area (Å²) in [6.45, 7) is 7.19. The zero-order valence-corrected chi connectivity index (χ0v) is 14.5. The Morgan fingerprint density at radius 1 is 1.48 bits per heavy atom. The molecule has 0 saturated carbocycles. The molecule has 1 unspecified atom stereocenters. The zero-order valence-electron chi connectivity index (χ0n) is 13.7. The fourth-order valence-corrected chi connectivity index (χ4v) is 3.37. The largest absolute Gasteiger partial charge is 0.333 e. The maximum absolute atomic E-state index is 12.1. The number of nitrogens with zero attached hydrogens (tertiary/aromatic N) is 4. The minimum atomic E-state index is -0.213. The van der Waals surface area contributed by atoms with E-state index < -0.39 is 0 Å². The number of carbonyl (C=O) groups excluding carboxylic acids is 1. The summed E-state index contributed by atoms with van der Waals surface area (Å²) in [5, 5.41) is 12.6. The summed E-state index contributed by atoms with van der Waals surface area (Å²) >= 11 is 1.46. The number of urea groups is 1. The average molecular weight is 334 g/mol. The summed E-state index contributed by atoms with van der Waals surface area (Å²) in [7, 11) is 0. The van der Waals surface area contributed by atoms with Crippen LogP contribution in [0.15, 0.2) is 11.7 Å². The van der Waals surface area contributed by atoms with Gasteiger partial charge in [-0.05, 0) is 18.3 Å². The molecule has 0 bridgehead atoms. The van der Waals surface area contributed by atoms with Gasteiger partial charge in [0.1, 0.15) is 12.2 Å². The van der Waals surface area contributed by atoms with Crippen molar-refractivity contribution in [2.75, 3.05) is 5.32 Å². The van der Waals surface area contributed by atoms with Gasteiger partial charge in [-0.25, -0.2) is 19.4 Å². The maximum Gasteiger partial charge on any atom is 0.321 e. The molecule has 3 rings (SSSR count). The van der Waals surface area contributed by atoms with E-state index in [1.165, 1.54) is 11.3 Å². The van der Waals surface area contributed by atoms with Gasteiger partial charge in [0, 0.05) is 11.8 Å². The van der Waals surface area contributed by atoms with E-state index in [2.05, 4.69) is 46.5 Å². The number of hydrogen-bond donors (Lipinski definition) is 2. The van der Waals surface area contributed by atoms with Gasteiger partial charge in [-0.2, -0.15) is 5.10 Å². The van der Waals surface area contributed by atoms with Crippen molar-refractivity contribution in [2.24, 2.45) is 5.41 Å². The van der Waals surface area contributed by atoms with Crippen molar-refractivity contribution in [1.82, 2.24) is 25.1 Å². The number of fused-ring (bicyclic) bond motifs is 1. The van der Waals surface area contributed by atoms with Crippen LogP contribution in [0.3, 0.4) is 0 Å². The van der Waals surface area contributed by atoms with Crippen LogP contribution in [-0.2, 0) is 19.4 Å². The van der Waals surface area contributed by atoms with Crippen LogP contribution >= 0.6 is 11.3 Å². The van der Waals surface area contributed by atoms with Crippen molar-refractivity contribution in [1.29, 1.82) is 0 Å². The molecule has 2 aromatic rings. The van der Waals surface area contributed by atoms with E-state index >= 15 is 0 Å². The summed E-state index contributed by atoms with van der Waals surface area (Å²) in [5.74, 6) is 0.982. The van der Waals surface area contributed by atoms with Crippen molar-refractivity contribution in [3.63, 3.8) is 0 Å². The molecule has 0 saturated heterocycles. The first-order valence-corrected chi connectivity index (χ1v) is 8.66. The first-order valence-electron chi connectivity index (χ1n) is 7.78. The van der Waals surface area contributed by atoms with Crippen molar-refractivity contribution in [2.45, 2.75) is 52.6 Å². The van der Waals surface area contributed by atoms with Crippen molar-refractivity contribution >= 4 is 22.5 Å². The van der Waals surface area contributed by atoms with Crippen LogP contribution in [0, 0.1) is 5.41 Å². The third-order valence-corrected chi connectivity index (χ3v) is 4.43. The van der Waals surface area contributed by atoms with Gasteiger partial charge in [0.2, 0.25) is 0 Å². The SMILES string of the molecule is CC(C)(C)Cc1csc(NC(=O)NC2CCc3ncnn3C2)n1. The number of nitrogens with one attached hydrogen (secondary N) is 2. The average Bonchev–Trinajstić information content (AvgIpc) is 3.05. The first kappa shape index (κ1) is 15.9. The Bertz CT molecular complexity index is 686. The van der Waals surface area contributed by atoms with Crippen LogP contribution in [0.2, 0.25) is 0 Å². The van der Waals surface area contributed by atoms with E-state index in [0.717, 1.165) is 30.8 Å². The lowest BCUT2D eigenvalue weighted by Crippen LogP contribution is -2.43. The highest BCUT2D eigenvalue weighted by molar-refractivity contribution is 7.13. The second-order valence-electron chi connectivity index (χ2n) is 7.07. The molecular weight excluding hydrogens is 312 g/mol. The van der Waals surface area contributed by atoms with Gasteiger partial charge in [-0.1, -0.05) is 20.8 Å². The summed E-state index contributed by atoms with van der Waals surface area (Å²) in [4.78, 5) is 20.8. The van der Waals surface area contributed by atoms with Gasteiger partial charge in [0.15, 0.2) is 5.13 Å². The number of hydrogen-bond acceptors (Lipinski definition) is 5. The van der Waals surface area contributed by atoms with E-state index in [1.807, 2.05) is 10.1 Å². The lowest BCUT2D eigenvalue weighted by Gasteiger charge is -2.23. The molecular formula is C15H22N6OS. The summed E-state index contributed by atoms with van der Waals surface area (Å²) in [5.41, 5.74) is 1.20. The monoisotopic (exact) mass is 334 g/mol. The highest BCUT2D eigenvalue weighted by Gasteiger charge is 2.21. The lowest BCUT2D eigenvalue weighted by atomic mass is 9.91. The number of aromatic nitrogens is 4. The molecule has 3 heterocycles. The van der Waals surface area contributed by atoms with Crippen LogP contribution < -0.4 is 10.6 Å². The van der Waals surface area contributed by atoms with Crippen LogP contribution in [0.5, 0.6) is 0 Å². The first-order chi connectivity index (χ1) is 10.9. The molecule has 8 heteroatoms. The molecule has 0 spiro atoms. The Hall–Kier alpha value is -1.96. The zero-order chi connectivity index (χ0) is 16.4. The van der Waals surface area contributed by atoms with Crippen LogP contribution in [-0.4, -0.2) is 31.8 Å². The Balaban J connectivity index is 1.52. The Labute approximate surface area is 139 Å². The lowest BCUT2D eigenvalue weighted by molar-refractivity contribution is 0.243. The summed E-state index contributed by atoms with van der Waals surface area (Å²) in [6, 6.07) is -0.145. The molecule has 1 atom stereocenters. The fraction of sp³-hybridized carbons (Fsp3) is 0.600. The number of anilines is 1. The van der Waals surface area contributed by atoms with E-state index in [0.29, 0.717) is 11.7 Å². The quantitative estimate of drug-likeness (QED) is 0.903. The van der Waals surface area contributed by atoms with Crippen molar-refractivity contribution in [3.8, 4) is 0 Å². The summed E-state index contributed by atoms with van der Waals surface area (Å²) in [6.07, 6.45) is 4.16. The smallest absolute Gasteiger partial charge is 0.321 e. The normalized spacial score (nSPS) is 17.6. The number of amides is 2. The second kappa shape index (κ2) is 6.27. The summed E-state index contributed by atoms with van der Waals surface area (Å²) < 4.78 is 1.85. The fourth-order valence-electron chi connectivity index (χ4n) is 2.66. The predicted molar refractivity (Wildman–Crippen MR) is 89.6 cm³/mol. The van der Waals surface area contributed by atoms with E-state index in [1.54, 1.807) is 6.33 Å². The van der Waals surface area contributed by atoms with Crippen molar-refractivity contribution < 1.29 is 4.79 Å². The molecule has 2 N–H and O–H groups in total. The van der Waals surface area contributed by atoms with E-state index in [9.17, 15) is 4.79 Å².